The third kappa shape index (κ3) is 4.82. The number of Topliss-reactive ketones (excluding diaryl/α,β-unsaturated/α-hetero) is 1. The molecule has 0 spiro atoms. The molecular formula is C25H29N3O6S. The zero-order valence-corrected chi connectivity index (χ0v) is 21.0. The molecule has 4 rings (SSSR count). The predicted octanol–water partition coefficient (Wildman–Crippen LogP) is 2.88. The molecule has 1 aromatic carbocycles. The molecule has 1 aliphatic heterocycles. The Morgan fingerprint density at radius 1 is 1.06 bits per heavy atom. The molecule has 35 heavy (non-hydrogen) atoms. The molecule has 9 nitrogen and oxygen atoms in total. The number of carbonyl (C=O) groups excluding carboxylic acids is 2. The molecule has 10 heteroatoms. The molecule has 1 fully saturated rings. The fraction of sp³-hybridized carbons (Fsp3) is 0.360. The van der Waals surface area contributed by atoms with Crippen molar-refractivity contribution >= 4 is 21.8 Å². The van der Waals surface area contributed by atoms with E-state index in [0.29, 0.717) is 18.8 Å². The molecule has 0 unspecified atom stereocenters. The van der Waals surface area contributed by atoms with Crippen molar-refractivity contribution in [1.82, 2.24) is 13.4 Å². The van der Waals surface area contributed by atoms with Gasteiger partial charge in [-0.05, 0) is 45.0 Å². The number of rotatable bonds is 7. The van der Waals surface area contributed by atoms with E-state index >= 15 is 0 Å². The Labute approximate surface area is 204 Å². The molecule has 3 aromatic rings. The van der Waals surface area contributed by atoms with Gasteiger partial charge in [-0.2, -0.15) is 4.31 Å². The standard InChI is InChI=1S/C25H29N3O6S/c1-17-14-22(18(2)28(17)20-8-6-5-7-9-20)24(29)19(3)34-25(30)23-15-21(16-26(23)4)35(31,32)27-10-12-33-13-11-27/h5-9,14-16,19H,10-13H2,1-4H3/t19-/m1/s1. The maximum absolute atomic E-state index is 13.2. The molecule has 0 saturated carbocycles. The molecule has 0 aliphatic carbocycles. The van der Waals surface area contributed by atoms with Crippen LogP contribution in [0.25, 0.3) is 5.69 Å². The van der Waals surface area contributed by atoms with E-state index in [1.165, 1.54) is 28.1 Å². The first-order valence-corrected chi connectivity index (χ1v) is 12.8. The Morgan fingerprint density at radius 3 is 2.37 bits per heavy atom. The number of esters is 1. The third-order valence-electron chi connectivity index (χ3n) is 6.16. The van der Waals surface area contributed by atoms with Crippen LogP contribution >= 0.6 is 0 Å². The minimum Gasteiger partial charge on any atom is -0.450 e. The van der Waals surface area contributed by atoms with Gasteiger partial charge in [-0.3, -0.25) is 4.79 Å². The monoisotopic (exact) mass is 499 g/mol. The van der Waals surface area contributed by atoms with E-state index < -0.39 is 22.1 Å². The molecule has 1 aliphatic rings. The number of ketones is 1. The third-order valence-corrected chi connectivity index (χ3v) is 8.02. The predicted molar refractivity (Wildman–Crippen MR) is 129 cm³/mol. The molecular weight excluding hydrogens is 470 g/mol. The van der Waals surface area contributed by atoms with Crippen molar-refractivity contribution in [3.63, 3.8) is 0 Å². The minimum absolute atomic E-state index is 0.000707. The summed E-state index contributed by atoms with van der Waals surface area (Å²) in [6.07, 6.45) is 0.322. The van der Waals surface area contributed by atoms with Gasteiger partial charge in [0.1, 0.15) is 10.6 Å². The first-order chi connectivity index (χ1) is 16.6. The van der Waals surface area contributed by atoms with Gasteiger partial charge < -0.3 is 18.6 Å². The van der Waals surface area contributed by atoms with Gasteiger partial charge in [-0.1, -0.05) is 18.2 Å². The lowest BCUT2D eigenvalue weighted by Gasteiger charge is -2.25. The van der Waals surface area contributed by atoms with Crippen LogP contribution in [0, 0.1) is 13.8 Å². The van der Waals surface area contributed by atoms with Gasteiger partial charge in [0.05, 0.1) is 13.2 Å². The number of morpholine rings is 1. The average molecular weight is 500 g/mol. The van der Waals surface area contributed by atoms with Gasteiger partial charge in [0.25, 0.3) is 0 Å². The molecule has 0 radical (unpaired) electrons. The first-order valence-electron chi connectivity index (χ1n) is 11.3. The quantitative estimate of drug-likeness (QED) is 0.366. The van der Waals surface area contributed by atoms with Gasteiger partial charge in [-0.25, -0.2) is 13.2 Å². The van der Waals surface area contributed by atoms with E-state index in [1.54, 1.807) is 13.1 Å². The highest BCUT2D eigenvalue weighted by atomic mass is 32.2. The number of nitrogens with zero attached hydrogens (tertiary/aromatic N) is 3. The lowest BCUT2D eigenvalue weighted by molar-refractivity contribution is 0.0309. The van der Waals surface area contributed by atoms with Crippen LogP contribution in [-0.4, -0.2) is 66.0 Å². The van der Waals surface area contributed by atoms with E-state index in [-0.39, 0.29) is 29.5 Å². The second-order valence-electron chi connectivity index (χ2n) is 8.56. The highest BCUT2D eigenvalue weighted by Gasteiger charge is 2.30. The molecule has 2 aromatic heterocycles. The summed E-state index contributed by atoms with van der Waals surface area (Å²) >= 11 is 0. The second-order valence-corrected chi connectivity index (χ2v) is 10.5. The summed E-state index contributed by atoms with van der Waals surface area (Å²) < 4.78 is 41.2. The van der Waals surface area contributed by atoms with Crippen molar-refractivity contribution < 1.29 is 27.5 Å². The topological polar surface area (TPSA) is 99.8 Å². The van der Waals surface area contributed by atoms with Crippen molar-refractivity contribution in [2.24, 2.45) is 7.05 Å². The number of aryl methyl sites for hydroxylation is 2. The Hall–Kier alpha value is -3.21. The Balaban J connectivity index is 1.52. The largest absolute Gasteiger partial charge is 0.450 e. The zero-order chi connectivity index (χ0) is 25.3. The maximum Gasteiger partial charge on any atom is 0.355 e. The van der Waals surface area contributed by atoms with Crippen molar-refractivity contribution in [3.8, 4) is 5.69 Å². The summed E-state index contributed by atoms with van der Waals surface area (Å²) in [4.78, 5) is 26.1. The molecule has 0 bridgehead atoms. The van der Waals surface area contributed by atoms with Crippen LogP contribution in [0.5, 0.6) is 0 Å². The fourth-order valence-corrected chi connectivity index (χ4v) is 5.77. The minimum atomic E-state index is -3.76. The van der Waals surface area contributed by atoms with Crippen LogP contribution in [0.3, 0.4) is 0 Å². The van der Waals surface area contributed by atoms with Crippen LogP contribution in [0.15, 0.2) is 53.6 Å². The smallest absolute Gasteiger partial charge is 0.355 e. The van der Waals surface area contributed by atoms with Crippen molar-refractivity contribution in [2.75, 3.05) is 26.3 Å². The van der Waals surface area contributed by atoms with Crippen molar-refractivity contribution in [2.45, 2.75) is 31.8 Å². The van der Waals surface area contributed by atoms with Crippen LogP contribution in [0.2, 0.25) is 0 Å². The summed E-state index contributed by atoms with van der Waals surface area (Å²) in [7, 11) is -2.20. The summed E-state index contributed by atoms with van der Waals surface area (Å²) in [5.41, 5.74) is 3.08. The lowest BCUT2D eigenvalue weighted by atomic mass is 10.1. The number of carbonyl (C=O) groups is 2. The van der Waals surface area contributed by atoms with Crippen LogP contribution in [0.4, 0.5) is 0 Å². The van der Waals surface area contributed by atoms with Crippen LogP contribution in [-0.2, 0) is 26.5 Å². The molecule has 0 amide bonds. The van der Waals surface area contributed by atoms with E-state index in [1.807, 2.05) is 48.7 Å². The van der Waals surface area contributed by atoms with Gasteiger partial charge in [-0.15, -0.1) is 0 Å². The number of benzene rings is 1. The first kappa shape index (κ1) is 24.9. The Morgan fingerprint density at radius 2 is 1.71 bits per heavy atom. The second kappa shape index (κ2) is 9.80. The highest BCUT2D eigenvalue weighted by molar-refractivity contribution is 7.89. The summed E-state index contributed by atoms with van der Waals surface area (Å²) in [5, 5.41) is 0. The number of aromatic nitrogens is 2. The maximum atomic E-state index is 13.2. The molecule has 3 heterocycles. The Bertz CT molecular complexity index is 1350. The van der Waals surface area contributed by atoms with Crippen molar-refractivity contribution in [1.29, 1.82) is 0 Å². The number of sulfonamides is 1. The van der Waals surface area contributed by atoms with E-state index in [9.17, 15) is 18.0 Å². The van der Waals surface area contributed by atoms with E-state index in [2.05, 4.69) is 0 Å². The normalized spacial score (nSPS) is 15.7. The summed E-state index contributed by atoms with van der Waals surface area (Å²) in [6.45, 7) is 6.43. The van der Waals surface area contributed by atoms with E-state index in [0.717, 1.165) is 17.1 Å². The highest BCUT2D eigenvalue weighted by Crippen LogP contribution is 2.24. The fourth-order valence-electron chi connectivity index (χ4n) is 4.29. The lowest BCUT2D eigenvalue weighted by Crippen LogP contribution is -2.40. The SMILES string of the molecule is Cc1cc(C(=O)[C@@H](C)OC(=O)c2cc(S(=O)(=O)N3CCOCC3)cn2C)c(C)n1-c1ccccc1. The molecule has 186 valence electrons. The Kier molecular flexibility index (Phi) is 6.98. The van der Waals surface area contributed by atoms with Crippen molar-refractivity contribution in [3.05, 3.63) is 71.3 Å². The van der Waals surface area contributed by atoms with Gasteiger partial charge in [0.15, 0.2) is 6.10 Å². The molecule has 1 atom stereocenters. The summed E-state index contributed by atoms with van der Waals surface area (Å²) in [5.74, 6) is -1.10. The van der Waals surface area contributed by atoms with Gasteiger partial charge in [0, 0.05) is 49.0 Å². The van der Waals surface area contributed by atoms with Crippen LogP contribution < -0.4 is 0 Å². The zero-order valence-electron chi connectivity index (χ0n) is 20.2. The van der Waals surface area contributed by atoms with E-state index in [4.69, 9.17) is 9.47 Å². The number of ether oxygens (including phenoxy) is 2. The molecule has 0 N–H and O–H groups in total. The average Bonchev–Trinajstić information content (AvgIpc) is 3.39. The van der Waals surface area contributed by atoms with Gasteiger partial charge >= 0.3 is 5.97 Å². The summed E-state index contributed by atoms with van der Waals surface area (Å²) in [6, 6.07) is 12.7. The van der Waals surface area contributed by atoms with Gasteiger partial charge in [0.2, 0.25) is 15.8 Å². The number of hydrogen-bond donors (Lipinski definition) is 0. The number of para-hydroxylation sites is 1. The number of hydrogen-bond acceptors (Lipinski definition) is 6. The molecule has 1 saturated heterocycles. The van der Waals surface area contributed by atoms with Crippen LogP contribution in [0.1, 0.15) is 39.2 Å².